The number of allylic oxidation sites excluding steroid dienone is 1. The van der Waals surface area contributed by atoms with Gasteiger partial charge in [0.15, 0.2) is 0 Å². The number of amidine groups is 1. The molecule has 0 atom stereocenters. The highest BCUT2D eigenvalue weighted by atomic mass is 32.1. The summed E-state index contributed by atoms with van der Waals surface area (Å²) in [5.41, 5.74) is 8.19. The molecule has 3 N–H and O–H groups in total. The second kappa shape index (κ2) is 7.25. The lowest BCUT2D eigenvalue weighted by Crippen LogP contribution is -2.08. The van der Waals surface area contributed by atoms with Gasteiger partial charge in [-0.2, -0.15) is 0 Å². The zero-order valence-electron chi connectivity index (χ0n) is 13.0. The van der Waals surface area contributed by atoms with Crippen LogP contribution in [0.3, 0.4) is 0 Å². The van der Waals surface area contributed by atoms with Gasteiger partial charge in [-0.1, -0.05) is 54.6 Å². The van der Waals surface area contributed by atoms with E-state index in [2.05, 4.69) is 60.7 Å². The second-order valence-electron chi connectivity index (χ2n) is 5.56. The first-order chi connectivity index (χ1) is 11.2. The molecule has 2 nitrogen and oxygen atoms in total. The van der Waals surface area contributed by atoms with E-state index in [1.165, 1.54) is 21.2 Å². The Kier molecular flexibility index (Phi) is 4.89. The van der Waals surface area contributed by atoms with E-state index in [1.807, 2.05) is 6.07 Å². The van der Waals surface area contributed by atoms with Crippen LogP contribution in [0.25, 0.3) is 16.2 Å². The summed E-state index contributed by atoms with van der Waals surface area (Å²) in [6.07, 6.45) is 7.75. The van der Waals surface area contributed by atoms with Crippen molar-refractivity contribution in [2.24, 2.45) is 5.73 Å². The third-order valence-electron chi connectivity index (χ3n) is 3.84. The van der Waals surface area contributed by atoms with Crippen LogP contribution in [-0.4, -0.2) is 5.84 Å². The van der Waals surface area contributed by atoms with Gasteiger partial charge in [-0.3, -0.25) is 5.41 Å². The van der Waals surface area contributed by atoms with Crippen molar-refractivity contribution in [3.8, 4) is 0 Å². The third kappa shape index (κ3) is 3.88. The minimum absolute atomic E-state index is 0.143. The zero-order chi connectivity index (χ0) is 16.1. The summed E-state index contributed by atoms with van der Waals surface area (Å²) in [5, 5.41) is 8.77. The molecular formula is C20H20N2S. The summed E-state index contributed by atoms with van der Waals surface area (Å²) in [6.45, 7) is 0. The smallest absolute Gasteiger partial charge is 0.133 e. The molecule has 0 amide bonds. The molecule has 0 saturated heterocycles. The monoisotopic (exact) mass is 320 g/mol. The van der Waals surface area contributed by atoms with Crippen molar-refractivity contribution >= 4 is 33.3 Å². The van der Waals surface area contributed by atoms with Crippen LogP contribution in [-0.2, 0) is 6.42 Å². The minimum Gasteiger partial charge on any atom is -0.383 e. The molecule has 0 bridgehead atoms. The fourth-order valence-electron chi connectivity index (χ4n) is 2.64. The minimum atomic E-state index is 0.143. The van der Waals surface area contributed by atoms with Crippen LogP contribution in [0.15, 0.2) is 60.7 Å². The molecule has 3 rings (SSSR count). The van der Waals surface area contributed by atoms with Crippen molar-refractivity contribution in [2.45, 2.75) is 19.3 Å². The fraction of sp³-hybridized carbons (Fsp3) is 0.150. The topological polar surface area (TPSA) is 49.9 Å². The summed E-state index contributed by atoms with van der Waals surface area (Å²) < 4.78 is 1.18. The molecule has 0 radical (unpaired) electrons. The van der Waals surface area contributed by atoms with Gasteiger partial charge in [-0.25, -0.2) is 0 Å². The van der Waals surface area contributed by atoms with Crippen LogP contribution in [0, 0.1) is 5.41 Å². The highest BCUT2D eigenvalue weighted by molar-refractivity contribution is 7.20. The number of rotatable bonds is 6. The number of thiophene rings is 1. The maximum Gasteiger partial charge on any atom is 0.133 e. The number of aryl methyl sites for hydroxylation is 1. The lowest BCUT2D eigenvalue weighted by molar-refractivity contribution is 0.845. The molecule has 3 aromatic rings. The van der Waals surface area contributed by atoms with Gasteiger partial charge in [0.25, 0.3) is 0 Å². The Morgan fingerprint density at radius 2 is 1.91 bits per heavy atom. The molecule has 116 valence electrons. The van der Waals surface area contributed by atoms with E-state index >= 15 is 0 Å². The number of unbranched alkanes of at least 4 members (excludes halogenated alkanes) is 1. The first-order valence-corrected chi connectivity index (χ1v) is 8.63. The molecule has 0 spiro atoms. The average Bonchev–Trinajstić information content (AvgIpc) is 3.01. The van der Waals surface area contributed by atoms with Crippen LogP contribution in [0.1, 0.15) is 28.8 Å². The Hall–Kier alpha value is -2.39. The van der Waals surface area contributed by atoms with Gasteiger partial charge in [0.05, 0.1) is 4.88 Å². The van der Waals surface area contributed by atoms with Gasteiger partial charge < -0.3 is 5.73 Å². The average molecular weight is 320 g/mol. The Morgan fingerprint density at radius 1 is 1.09 bits per heavy atom. The van der Waals surface area contributed by atoms with Crippen molar-refractivity contribution in [1.29, 1.82) is 5.41 Å². The first kappa shape index (κ1) is 15.5. The van der Waals surface area contributed by atoms with Crippen LogP contribution >= 0.6 is 11.3 Å². The highest BCUT2D eigenvalue weighted by Gasteiger charge is 2.06. The van der Waals surface area contributed by atoms with Crippen LogP contribution in [0.4, 0.5) is 0 Å². The maximum absolute atomic E-state index is 7.58. The first-order valence-electron chi connectivity index (χ1n) is 7.81. The Morgan fingerprint density at radius 3 is 2.70 bits per heavy atom. The molecule has 0 unspecified atom stereocenters. The number of benzene rings is 2. The van der Waals surface area contributed by atoms with Crippen LogP contribution in [0.5, 0.6) is 0 Å². The Labute approximate surface area is 140 Å². The van der Waals surface area contributed by atoms with Crippen molar-refractivity contribution in [1.82, 2.24) is 0 Å². The van der Waals surface area contributed by atoms with Crippen molar-refractivity contribution in [2.75, 3.05) is 0 Å². The normalized spacial score (nSPS) is 11.3. The summed E-state index contributed by atoms with van der Waals surface area (Å²) >= 11 is 1.58. The zero-order valence-corrected chi connectivity index (χ0v) is 13.8. The van der Waals surface area contributed by atoms with E-state index in [0.29, 0.717) is 0 Å². The highest BCUT2D eigenvalue weighted by Crippen LogP contribution is 2.29. The number of nitrogens with two attached hydrogens (primary N) is 1. The SMILES string of the molecule is N=C(N)c1cc2c(C=CCCCc3ccccc3)cccc2s1. The number of hydrogen-bond acceptors (Lipinski definition) is 2. The molecule has 23 heavy (non-hydrogen) atoms. The largest absolute Gasteiger partial charge is 0.383 e. The molecule has 1 heterocycles. The van der Waals surface area contributed by atoms with Gasteiger partial charge >= 0.3 is 0 Å². The molecular weight excluding hydrogens is 300 g/mol. The summed E-state index contributed by atoms with van der Waals surface area (Å²) in [7, 11) is 0. The van der Waals surface area contributed by atoms with E-state index in [0.717, 1.165) is 24.1 Å². The second-order valence-corrected chi connectivity index (χ2v) is 6.65. The summed E-state index contributed by atoms with van der Waals surface area (Å²) in [5.74, 6) is 0.143. The lowest BCUT2D eigenvalue weighted by atomic mass is 10.1. The molecule has 2 aromatic carbocycles. The van der Waals surface area contributed by atoms with E-state index < -0.39 is 0 Å². The third-order valence-corrected chi connectivity index (χ3v) is 4.97. The van der Waals surface area contributed by atoms with Crippen LogP contribution < -0.4 is 5.73 Å². The van der Waals surface area contributed by atoms with Crippen molar-refractivity contribution < 1.29 is 0 Å². The van der Waals surface area contributed by atoms with Gasteiger partial charge in [0, 0.05) is 10.1 Å². The summed E-state index contributed by atoms with van der Waals surface area (Å²) in [6, 6.07) is 18.9. The number of nitrogens with one attached hydrogen (secondary N) is 1. The molecule has 0 saturated carbocycles. The maximum atomic E-state index is 7.58. The predicted octanol–water partition coefficient (Wildman–Crippen LogP) is 5.22. The quantitative estimate of drug-likeness (QED) is 0.365. The van der Waals surface area contributed by atoms with Crippen LogP contribution in [0.2, 0.25) is 0 Å². The van der Waals surface area contributed by atoms with Crippen molar-refractivity contribution in [3.63, 3.8) is 0 Å². The molecule has 0 fully saturated rings. The predicted molar refractivity (Wildman–Crippen MR) is 101 cm³/mol. The number of hydrogen-bond donors (Lipinski definition) is 2. The molecule has 0 aliphatic rings. The van der Waals surface area contributed by atoms with Gasteiger partial charge in [-0.05, 0) is 42.5 Å². The lowest BCUT2D eigenvalue weighted by Gasteiger charge is -1.99. The van der Waals surface area contributed by atoms with Gasteiger partial charge in [0.1, 0.15) is 5.84 Å². The molecule has 3 heteroatoms. The van der Waals surface area contributed by atoms with Gasteiger partial charge in [0.2, 0.25) is 0 Å². The van der Waals surface area contributed by atoms with E-state index in [1.54, 1.807) is 11.3 Å². The summed E-state index contributed by atoms with van der Waals surface area (Å²) in [4.78, 5) is 0.838. The fourth-order valence-corrected chi connectivity index (χ4v) is 3.60. The van der Waals surface area contributed by atoms with Gasteiger partial charge in [-0.15, -0.1) is 11.3 Å². The molecule has 1 aromatic heterocycles. The Bertz CT molecular complexity index is 831. The number of fused-ring (bicyclic) bond motifs is 1. The van der Waals surface area contributed by atoms with E-state index in [-0.39, 0.29) is 5.84 Å². The van der Waals surface area contributed by atoms with E-state index in [9.17, 15) is 0 Å². The van der Waals surface area contributed by atoms with E-state index in [4.69, 9.17) is 11.1 Å². The van der Waals surface area contributed by atoms with Crippen molar-refractivity contribution in [3.05, 3.63) is 76.7 Å². The standard InChI is InChI=1S/C20H20N2S/c21-20(22)19-14-17-16(12-7-13-18(17)23-19)11-6-2-5-10-15-8-3-1-4-9-15/h1,3-4,6-9,11-14H,2,5,10H2,(H3,21,22). The Balaban J connectivity index is 1.65. The number of nitrogen functional groups attached to an aromatic ring is 1. The molecule has 0 aliphatic carbocycles. The molecule has 0 aliphatic heterocycles.